The van der Waals surface area contributed by atoms with Gasteiger partial charge in [0.15, 0.2) is 0 Å². The average molecular weight is 187 g/mol. The lowest BCUT2D eigenvalue weighted by Crippen LogP contribution is -2.44. The lowest BCUT2D eigenvalue weighted by molar-refractivity contribution is -0.119. The van der Waals surface area contributed by atoms with Gasteiger partial charge >= 0.3 is 0 Å². The highest BCUT2D eigenvalue weighted by atomic mass is 16.1. The van der Waals surface area contributed by atoms with Crippen LogP contribution in [0.3, 0.4) is 0 Å². The molecule has 4 heteroatoms. The smallest absolute Gasteiger partial charge is 0.217 e. The Morgan fingerprint density at radius 1 is 1.23 bits per heavy atom. The van der Waals surface area contributed by atoms with Crippen LogP contribution in [0.15, 0.2) is 0 Å². The minimum atomic E-state index is 0.0237. The van der Waals surface area contributed by atoms with Crippen molar-refractivity contribution >= 4 is 5.91 Å². The van der Waals surface area contributed by atoms with Crippen LogP contribution in [0.5, 0.6) is 0 Å². The Balaban J connectivity index is 3.45. The van der Waals surface area contributed by atoms with Crippen molar-refractivity contribution in [2.75, 3.05) is 20.1 Å². The van der Waals surface area contributed by atoms with E-state index >= 15 is 0 Å². The van der Waals surface area contributed by atoms with Crippen LogP contribution < -0.4 is 16.0 Å². The lowest BCUT2D eigenvalue weighted by atomic mass is 10.3. The first-order chi connectivity index (χ1) is 6.06. The highest BCUT2D eigenvalue weighted by Crippen LogP contribution is 1.82. The van der Waals surface area contributed by atoms with Gasteiger partial charge in [-0.2, -0.15) is 0 Å². The van der Waals surface area contributed by atoms with Crippen LogP contribution in [0.25, 0.3) is 0 Å². The molecule has 0 rings (SSSR count). The van der Waals surface area contributed by atoms with Gasteiger partial charge < -0.3 is 16.0 Å². The minimum absolute atomic E-state index is 0.0237. The molecule has 0 spiro atoms. The third-order valence-electron chi connectivity index (χ3n) is 1.73. The molecule has 13 heavy (non-hydrogen) atoms. The molecule has 3 N–H and O–H groups in total. The molecule has 2 atom stereocenters. The maximum atomic E-state index is 10.7. The Labute approximate surface area is 80.5 Å². The number of carbonyl (C=O) groups excluding carboxylic acids is 1. The highest BCUT2D eigenvalue weighted by Gasteiger charge is 2.04. The molecule has 0 unspecified atom stereocenters. The molecule has 0 radical (unpaired) electrons. The third kappa shape index (κ3) is 7.74. The second kappa shape index (κ2) is 6.86. The summed E-state index contributed by atoms with van der Waals surface area (Å²) in [7, 11) is 1.93. The molecule has 0 fully saturated rings. The summed E-state index contributed by atoms with van der Waals surface area (Å²) in [5.74, 6) is 0.0237. The molecule has 0 heterocycles. The average Bonchev–Trinajstić information content (AvgIpc) is 2.00. The summed E-state index contributed by atoms with van der Waals surface area (Å²) >= 11 is 0. The number of rotatable bonds is 6. The topological polar surface area (TPSA) is 53.2 Å². The van der Waals surface area contributed by atoms with Crippen LogP contribution in [-0.4, -0.2) is 38.1 Å². The van der Waals surface area contributed by atoms with Crippen molar-refractivity contribution in [1.82, 2.24) is 16.0 Å². The lowest BCUT2D eigenvalue weighted by Gasteiger charge is -2.17. The van der Waals surface area contributed by atoms with E-state index in [2.05, 4.69) is 22.9 Å². The fourth-order valence-electron chi connectivity index (χ4n) is 1.15. The molecule has 0 aromatic carbocycles. The molecular weight excluding hydrogens is 166 g/mol. The molecule has 4 nitrogen and oxygen atoms in total. The number of likely N-dealkylation sites (N-methyl/N-ethyl adjacent to an activating group) is 1. The van der Waals surface area contributed by atoms with Crippen LogP contribution >= 0.6 is 0 Å². The van der Waals surface area contributed by atoms with E-state index in [4.69, 9.17) is 0 Å². The van der Waals surface area contributed by atoms with E-state index in [1.807, 2.05) is 14.0 Å². The summed E-state index contributed by atoms with van der Waals surface area (Å²) in [6.45, 7) is 7.38. The number of amides is 1. The van der Waals surface area contributed by atoms with Gasteiger partial charge in [-0.3, -0.25) is 4.79 Å². The molecule has 1 amide bonds. The van der Waals surface area contributed by atoms with E-state index in [1.54, 1.807) is 0 Å². The van der Waals surface area contributed by atoms with E-state index in [9.17, 15) is 4.79 Å². The van der Waals surface area contributed by atoms with Crippen LogP contribution in [-0.2, 0) is 4.79 Å². The number of hydrogen-bond acceptors (Lipinski definition) is 3. The van der Waals surface area contributed by atoms with Crippen molar-refractivity contribution in [2.45, 2.75) is 32.9 Å². The normalized spacial score (nSPS) is 15.1. The zero-order valence-corrected chi connectivity index (χ0v) is 8.98. The number of hydrogen-bond donors (Lipinski definition) is 3. The zero-order valence-electron chi connectivity index (χ0n) is 8.98. The summed E-state index contributed by atoms with van der Waals surface area (Å²) in [6.07, 6.45) is 0. The van der Waals surface area contributed by atoms with Gasteiger partial charge in [-0.1, -0.05) is 0 Å². The van der Waals surface area contributed by atoms with Crippen LogP contribution in [0.2, 0.25) is 0 Å². The maximum absolute atomic E-state index is 10.7. The molecular formula is C9H21N3O. The molecule has 0 aliphatic carbocycles. The molecule has 0 saturated carbocycles. The van der Waals surface area contributed by atoms with E-state index in [0.29, 0.717) is 6.04 Å². The molecule has 0 bridgehead atoms. The Morgan fingerprint density at radius 3 is 2.31 bits per heavy atom. The zero-order chi connectivity index (χ0) is 10.3. The Morgan fingerprint density at radius 2 is 1.85 bits per heavy atom. The fraction of sp³-hybridized carbons (Fsp3) is 0.889. The van der Waals surface area contributed by atoms with E-state index in [0.717, 1.165) is 13.1 Å². The molecule has 0 aliphatic rings. The van der Waals surface area contributed by atoms with Crippen molar-refractivity contribution in [3.63, 3.8) is 0 Å². The Hall–Kier alpha value is -0.610. The maximum Gasteiger partial charge on any atom is 0.217 e. The number of carbonyl (C=O) groups is 1. The standard InChI is InChI=1S/C9H21N3O/c1-7(5-10-4)11-6-8(2)12-9(3)13/h7-8,10-11H,5-6H2,1-4H3,(H,12,13)/t7-,8+/m1/s1. The second-order valence-corrected chi connectivity index (χ2v) is 3.47. The summed E-state index contributed by atoms with van der Waals surface area (Å²) in [6, 6.07) is 0.623. The van der Waals surface area contributed by atoms with Crippen molar-refractivity contribution in [3.05, 3.63) is 0 Å². The molecule has 0 aromatic heterocycles. The Kier molecular flexibility index (Phi) is 6.54. The van der Waals surface area contributed by atoms with Gasteiger partial charge in [0.25, 0.3) is 0 Å². The first kappa shape index (κ1) is 12.4. The van der Waals surface area contributed by atoms with E-state index < -0.39 is 0 Å². The third-order valence-corrected chi connectivity index (χ3v) is 1.73. The van der Waals surface area contributed by atoms with E-state index in [1.165, 1.54) is 6.92 Å². The molecule has 0 aromatic rings. The van der Waals surface area contributed by atoms with Crippen molar-refractivity contribution < 1.29 is 4.79 Å². The number of nitrogens with one attached hydrogen (secondary N) is 3. The van der Waals surface area contributed by atoms with Gasteiger partial charge in [-0.05, 0) is 20.9 Å². The SMILES string of the molecule is CNC[C@@H](C)NC[C@H](C)NC(C)=O. The largest absolute Gasteiger partial charge is 0.353 e. The quantitative estimate of drug-likeness (QED) is 0.535. The fourth-order valence-corrected chi connectivity index (χ4v) is 1.15. The predicted octanol–water partition coefficient (Wildman–Crippen LogP) is -0.291. The van der Waals surface area contributed by atoms with Gasteiger partial charge in [0.05, 0.1) is 0 Å². The second-order valence-electron chi connectivity index (χ2n) is 3.47. The van der Waals surface area contributed by atoms with Gasteiger partial charge in [-0.15, -0.1) is 0 Å². The van der Waals surface area contributed by atoms with Gasteiger partial charge in [0.1, 0.15) is 0 Å². The van der Waals surface area contributed by atoms with Gasteiger partial charge in [-0.25, -0.2) is 0 Å². The summed E-state index contributed by atoms with van der Waals surface area (Å²) < 4.78 is 0. The highest BCUT2D eigenvalue weighted by molar-refractivity contribution is 5.73. The Bertz CT molecular complexity index is 150. The van der Waals surface area contributed by atoms with Crippen LogP contribution in [0.4, 0.5) is 0 Å². The van der Waals surface area contributed by atoms with Gasteiger partial charge in [0.2, 0.25) is 5.91 Å². The van der Waals surface area contributed by atoms with E-state index in [-0.39, 0.29) is 11.9 Å². The van der Waals surface area contributed by atoms with Crippen molar-refractivity contribution in [3.8, 4) is 0 Å². The monoisotopic (exact) mass is 187 g/mol. The molecule has 78 valence electrons. The summed E-state index contributed by atoms with van der Waals surface area (Å²) in [4.78, 5) is 10.7. The summed E-state index contributed by atoms with van der Waals surface area (Å²) in [5.41, 5.74) is 0. The first-order valence-electron chi connectivity index (χ1n) is 4.71. The van der Waals surface area contributed by atoms with Crippen LogP contribution in [0, 0.1) is 0 Å². The minimum Gasteiger partial charge on any atom is -0.353 e. The molecule has 0 saturated heterocycles. The molecule has 0 aliphatic heterocycles. The van der Waals surface area contributed by atoms with Gasteiger partial charge in [0, 0.05) is 32.1 Å². The summed E-state index contributed by atoms with van der Waals surface area (Å²) in [5, 5.41) is 9.21. The van der Waals surface area contributed by atoms with Crippen molar-refractivity contribution in [2.24, 2.45) is 0 Å². The van der Waals surface area contributed by atoms with Crippen molar-refractivity contribution in [1.29, 1.82) is 0 Å². The first-order valence-corrected chi connectivity index (χ1v) is 4.71. The van der Waals surface area contributed by atoms with Crippen LogP contribution in [0.1, 0.15) is 20.8 Å². The predicted molar refractivity (Wildman–Crippen MR) is 54.7 cm³/mol.